The Morgan fingerprint density at radius 1 is 1.20 bits per heavy atom. The number of rotatable bonds is 5. The highest BCUT2D eigenvalue weighted by atomic mass is 32.1. The minimum atomic E-state index is -0.0807. The minimum absolute atomic E-state index is 0.0807. The highest BCUT2D eigenvalue weighted by Gasteiger charge is 2.14. The summed E-state index contributed by atoms with van der Waals surface area (Å²) in [6.45, 7) is 1.83. The maximum absolute atomic E-state index is 12.5. The molecule has 0 amide bonds. The largest absolute Gasteiger partial charge is 0.508 e. The van der Waals surface area contributed by atoms with Gasteiger partial charge in [0.15, 0.2) is 5.78 Å². The van der Waals surface area contributed by atoms with Crippen molar-refractivity contribution in [3.05, 3.63) is 70.7 Å². The fourth-order valence-electron chi connectivity index (χ4n) is 2.35. The number of aromatic nitrogens is 1. The Morgan fingerprint density at radius 3 is 2.68 bits per heavy atom. The molecule has 1 heterocycles. The second kappa shape index (κ2) is 7.32. The van der Waals surface area contributed by atoms with Crippen LogP contribution in [0.2, 0.25) is 0 Å². The lowest BCUT2D eigenvalue weighted by molar-refractivity contribution is 0.105. The van der Waals surface area contributed by atoms with Gasteiger partial charge in [0, 0.05) is 5.56 Å². The topological polar surface area (TPSA) is 59.4 Å². The van der Waals surface area contributed by atoms with Gasteiger partial charge < -0.3 is 9.84 Å². The Balaban J connectivity index is 1.82. The number of carbonyl (C=O) groups is 1. The predicted molar refractivity (Wildman–Crippen MR) is 100 cm³/mol. The van der Waals surface area contributed by atoms with Crippen LogP contribution in [0.5, 0.6) is 11.5 Å². The normalized spacial score (nSPS) is 11.0. The van der Waals surface area contributed by atoms with E-state index in [9.17, 15) is 9.90 Å². The summed E-state index contributed by atoms with van der Waals surface area (Å²) in [4.78, 5) is 17.6. The molecule has 2 aromatic carbocycles. The number of phenolic OH excluding ortho intramolecular Hbond substituents is 1. The number of nitrogens with zero attached hydrogens (tertiary/aromatic N) is 1. The van der Waals surface area contributed by atoms with E-state index >= 15 is 0 Å². The van der Waals surface area contributed by atoms with Gasteiger partial charge in [0.25, 0.3) is 0 Å². The molecule has 0 spiro atoms. The zero-order chi connectivity index (χ0) is 17.8. The molecule has 0 aliphatic heterocycles. The average molecular weight is 351 g/mol. The summed E-state index contributed by atoms with van der Waals surface area (Å²) in [5, 5.41) is 10.1. The van der Waals surface area contributed by atoms with E-state index in [4.69, 9.17) is 4.74 Å². The summed E-state index contributed by atoms with van der Waals surface area (Å²) in [5.74, 6) is 0.871. The number of allylic oxidation sites excluding steroid dienone is 1. The molecule has 0 bridgehead atoms. The third-order valence-corrected chi connectivity index (χ3v) is 4.88. The van der Waals surface area contributed by atoms with E-state index in [1.54, 1.807) is 43.5 Å². The van der Waals surface area contributed by atoms with Gasteiger partial charge in [-0.1, -0.05) is 18.2 Å². The molecule has 1 N–H and O–H groups in total. The van der Waals surface area contributed by atoms with Crippen molar-refractivity contribution < 1.29 is 14.6 Å². The number of aryl methyl sites for hydroxylation is 1. The van der Waals surface area contributed by atoms with Crippen LogP contribution in [-0.2, 0) is 0 Å². The summed E-state index contributed by atoms with van der Waals surface area (Å²) in [6.07, 6.45) is 3.32. The maximum Gasteiger partial charge on any atom is 0.197 e. The Bertz CT molecular complexity index is 926. The maximum atomic E-state index is 12.5. The first kappa shape index (κ1) is 16.9. The van der Waals surface area contributed by atoms with Crippen molar-refractivity contribution in [2.45, 2.75) is 6.92 Å². The summed E-state index contributed by atoms with van der Waals surface area (Å²) < 4.78 is 5.18. The molecule has 0 unspecified atom stereocenters. The second-order valence-electron chi connectivity index (χ2n) is 5.45. The van der Waals surface area contributed by atoms with E-state index in [2.05, 4.69) is 4.98 Å². The first-order valence-electron chi connectivity index (χ1n) is 7.70. The van der Waals surface area contributed by atoms with Crippen LogP contribution >= 0.6 is 11.3 Å². The SMILES string of the molecule is COc1cccc(/C=C/C(=O)c2sc(-c3ccc(O)cc3)nc2C)c1. The molecular formula is C20H17NO3S. The molecule has 0 saturated heterocycles. The van der Waals surface area contributed by atoms with Crippen LogP contribution in [0, 0.1) is 6.92 Å². The fraction of sp³-hybridized carbons (Fsp3) is 0.100. The first-order valence-corrected chi connectivity index (χ1v) is 8.52. The smallest absolute Gasteiger partial charge is 0.197 e. The van der Waals surface area contributed by atoms with Gasteiger partial charge in [-0.3, -0.25) is 4.79 Å². The molecule has 25 heavy (non-hydrogen) atoms. The Labute approximate surface area is 150 Å². The number of hydrogen-bond acceptors (Lipinski definition) is 5. The Hall–Kier alpha value is -2.92. The molecule has 126 valence electrons. The summed E-state index contributed by atoms with van der Waals surface area (Å²) in [7, 11) is 1.61. The standard InChI is InChI=1S/C20H17NO3S/c1-13-19(25-20(21-13)15-7-9-16(22)10-8-15)18(23)11-6-14-4-3-5-17(12-14)24-2/h3-12,22H,1-2H3/b11-6+. The van der Waals surface area contributed by atoms with Crippen LogP contribution < -0.4 is 4.74 Å². The summed E-state index contributed by atoms with van der Waals surface area (Å²) >= 11 is 1.35. The summed E-state index contributed by atoms with van der Waals surface area (Å²) in [6, 6.07) is 14.3. The molecule has 4 nitrogen and oxygen atoms in total. The van der Waals surface area contributed by atoms with Crippen LogP contribution in [0.15, 0.2) is 54.6 Å². The molecule has 0 atom stereocenters. The van der Waals surface area contributed by atoms with Gasteiger partial charge in [0.2, 0.25) is 0 Å². The van der Waals surface area contributed by atoms with Crippen molar-refractivity contribution in [3.63, 3.8) is 0 Å². The number of ether oxygens (including phenoxy) is 1. The Kier molecular flexibility index (Phi) is 4.95. The lowest BCUT2D eigenvalue weighted by Gasteiger charge is -1.99. The number of benzene rings is 2. The van der Waals surface area contributed by atoms with E-state index < -0.39 is 0 Å². The van der Waals surface area contributed by atoms with Crippen molar-refractivity contribution in [1.29, 1.82) is 0 Å². The number of carbonyl (C=O) groups excluding carboxylic acids is 1. The quantitative estimate of drug-likeness (QED) is 0.533. The van der Waals surface area contributed by atoms with E-state index in [0.717, 1.165) is 21.9 Å². The number of methoxy groups -OCH3 is 1. The van der Waals surface area contributed by atoms with Crippen molar-refractivity contribution in [3.8, 4) is 22.1 Å². The van der Waals surface area contributed by atoms with Gasteiger partial charge >= 0.3 is 0 Å². The third-order valence-electron chi connectivity index (χ3n) is 3.66. The molecule has 5 heteroatoms. The average Bonchev–Trinajstić information content (AvgIpc) is 3.02. The van der Waals surface area contributed by atoms with Gasteiger partial charge in [-0.2, -0.15) is 0 Å². The zero-order valence-corrected chi connectivity index (χ0v) is 14.7. The van der Waals surface area contributed by atoms with E-state index in [1.165, 1.54) is 11.3 Å². The zero-order valence-electron chi connectivity index (χ0n) is 13.9. The van der Waals surface area contributed by atoms with Gasteiger partial charge in [-0.05, 0) is 55.0 Å². The molecule has 0 aliphatic carbocycles. The number of aromatic hydroxyl groups is 1. The lowest BCUT2D eigenvalue weighted by atomic mass is 10.1. The minimum Gasteiger partial charge on any atom is -0.508 e. The van der Waals surface area contributed by atoms with E-state index in [0.29, 0.717) is 10.6 Å². The van der Waals surface area contributed by atoms with Crippen LogP contribution in [0.3, 0.4) is 0 Å². The van der Waals surface area contributed by atoms with Gasteiger partial charge in [-0.15, -0.1) is 11.3 Å². The molecule has 3 rings (SSSR count). The van der Waals surface area contributed by atoms with Crippen molar-refractivity contribution in [2.24, 2.45) is 0 Å². The lowest BCUT2D eigenvalue weighted by Crippen LogP contribution is -1.93. The van der Waals surface area contributed by atoms with Gasteiger partial charge in [0.1, 0.15) is 16.5 Å². The molecular weight excluding hydrogens is 334 g/mol. The molecule has 0 aliphatic rings. The Morgan fingerprint density at radius 2 is 1.96 bits per heavy atom. The third kappa shape index (κ3) is 3.95. The highest BCUT2D eigenvalue weighted by Crippen LogP contribution is 2.29. The second-order valence-corrected chi connectivity index (χ2v) is 6.45. The van der Waals surface area contributed by atoms with E-state index in [-0.39, 0.29) is 11.5 Å². The number of phenols is 1. The monoisotopic (exact) mass is 351 g/mol. The first-order chi connectivity index (χ1) is 12.1. The fourth-order valence-corrected chi connectivity index (χ4v) is 3.34. The van der Waals surface area contributed by atoms with Crippen LogP contribution in [-0.4, -0.2) is 23.0 Å². The van der Waals surface area contributed by atoms with Crippen molar-refractivity contribution in [1.82, 2.24) is 4.98 Å². The van der Waals surface area contributed by atoms with Crippen LogP contribution in [0.1, 0.15) is 20.9 Å². The van der Waals surface area contributed by atoms with Crippen LogP contribution in [0.4, 0.5) is 0 Å². The molecule has 3 aromatic rings. The van der Waals surface area contributed by atoms with Crippen molar-refractivity contribution >= 4 is 23.2 Å². The molecule has 1 aromatic heterocycles. The molecule has 0 radical (unpaired) electrons. The predicted octanol–water partition coefficient (Wildman–Crippen LogP) is 4.73. The van der Waals surface area contributed by atoms with Gasteiger partial charge in [-0.25, -0.2) is 4.98 Å². The highest BCUT2D eigenvalue weighted by molar-refractivity contribution is 7.17. The number of thiazole rings is 1. The van der Waals surface area contributed by atoms with Crippen LogP contribution in [0.25, 0.3) is 16.6 Å². The molecule has 0 fully saturated rings. The summed E-state index contributed by atoms with van der Waals surface area (Å²) in [5.41, 5.74) is 2.48. The van der Waals surface area contributed by atoms with Crippen molar-refractivity contribution in [2.75, 3.05) is 7.11 Å². The molecule has 0 saturated carbocycles. The number of hydrogen-bond donors (Lipinski definition) is 1. The van der Waals surface area contributed by atoms with Gasteiger partial charge in [0.05, 0.1) is 17.7 Å². The number of ketones is 1. The van der Waals surface area contributed by atoms with E-state index in [1.807, 2.05) is 31.2 Å².